The molecule has 1 heterocycles. The fourth-order valence-electron chi connectivity index (χ4n) is 5.48. The molecule has 2 N–H and O–H groups in total. The van der Waals surface area contributed by atoms with Gasteiger partial charge in [0.15, 0.2) is 0 Å². The summed E-state index contributed by atoms with van der Waals surface area (Å²) in [6, 6.07) is 14.5. The van der Waals surface area contributed by atoms with Gasteiger partial charge in [-0.05, 0) is 47.4 Å². The normalized spacial score (nSPS) is 20.7. The SMILES string of the molecule is CCC(CC)[C@@H]1C(=O)N[C@H](C2Cc3ccccc3C2)C(=O)N1Cc1ccccc1C(=O)NC. The number of carbonyl (C=O) groups is 3. The lowest BCUT2D eigenvalue weighted by Gasteiger charge is -2.44. The first kappa shape index (κ1) is 23.0. The van der Waals surface area contributed by atoms with E-state index in [4.69, 9.17) is 0 Å². The fourth-order valence-corrected chi connectivity index (χ4v) is 5.48. The van der Waals surface area contributed by atoms with Gasteiger partial charge in [-0.15, -0.1) is 0 Å². The van der Waals surface area contributed by atoms with E-state index in [0.29, 0.717) is 5.56 Å². The summed E-state index contributed by atoms with van der Waals surface area (Å²) in [7, 11) is 1.60. The number of nitrogens with zero attached hydrogens (tertiary/aromatic N) is 1. The van der Waals surface area contributed by atoms with E-state index in [9.17, 15) is 14.4 Å². The number of benzene rings is 2. The average Bonchev–Trinajstić information content (AvgIpc) is 3.27. The zero-order valence-electron chi connectivity index (χ0n) is 19.6. The molecule has 2 atom stereocenters. The van der Waals surface area contributed by atoms with Crippen molar-refractivity contribution in [3.8, 4) is 0 Å². The van der Waals surface area contributed by atoms with Crippen molar-refractivity contribution in [2.45, 2.75) is 58.2 Å². The lowest BCUT2D eigenvalue weighted by Crippen LogP contribution is -2.66. The van der Waals surface area contributed by atoms with E-state index in [-0.39, 0.29) is 36.1 Å². The quantitative estimate of drug-likeness (QED) is 0.685. The minimum atomic E-state index is -0.553. The molecular weight excluding hydrogens is 414 g/mol. The van der Waals surface area contributed by atoms with Crippen LogP contribution in [-0.4, -0.2) is 41.8 Å². The van der Waals surface area contributed by atoms with Crippen molar-refractivity contribution in [2.24, 2.45) is 11.8 Å². The van der Waals surface area contributed by atoms with Crippen LogP contribution in [0.3, 0.4) is 0 Å². The molecule has 0 aromatic heterocycles. The van der Waals surface area contributed by atoms with E-state index in [0.717, 1.165) is 31.2 Å². The van der Waals surface area contributed by atoms with E-state index in [1.165, 1.54) is 11.1 Å². The van der Waals surface area contributed by atoms with Gasteiger partial charge in [-0.1, -0.05) is 69.2 Å². The van der Waals surface area contributed by atoms with Crippen molar-refractivity contribution in [2.75, 3.05) is 7.05 Å². The van der Waals surface area contributed by atoms with Gasteiger partial charge in [0.25, 0.3) is 5.91 Å². The number of hydrogen-bond acceptors (Lipinski definition) is 3. The van der Waals surface area contributed by atoms with Gasteiger partial charge in [-0.3, -0.25) is 14.4 Å². The Hall–Kier alpha value is -3.15. The molecule has 6 nitrogen and oxygen atoms in total. The Morgan fingerprint density at radius 3 is 2.24 bits per heavy atom. The van der Waals surface area contributed by atoms with Crippen LogP contribution in [0.25, 0.3) is 0 Å². The lowest BCUT2D eigenvalue weighted by molar-refractivity contribution is -0.154. The van der Waals surface area contributed by atoms with E-state index >= 15 is 0 Å². The molecule has 6 heteroatoms. The Labute approximate surface area is 195 Å². The molecule has 0 saturated carbocycles. The molecule has 0 spiro atoms. The molecule has 1 saturated heterocycles. The van der Waals surface area contributed by atoms with Gasteiger partial charge in [0, 0.05) is 19.2 Å². The number of fused-ring (bicyclic) bond motifs is 1. The molecule has 4 rings (SSSR count). The molecule has 33 heavy (non-hydrogen) atoms. The van der Waals surface area contributed by atoms with Gasteiger partial charge < -0.3 is 15.5 Å². The number of hydrogen-bond donors (Lipinski definition) is 2. The highest BCUT2D eigenvalue weighted by Gasteiger charge is 2.47. The average molecular weight is 448 g/mol. The molecule has 3 amide bonds. The predicted molar refractivity (Wildman–Crippen MR) is 128 cm³/mol. The monoisotopic (exact) mass is 447 g/mol. The van der Waals surface area contributed by atoms with Crippen molar-refractivity contribution >= 4 is 17.7 Å². The summed E-state index contributed by atoms with van der Waals surface area (Å²) in [5.74, 6) is -0.222. The zero-order chi connectivity index (χ0) is 23.5. The molecule has 1 fully saturated rings. The van der Waals surface area contributed by atoms with Crippen molar-refractivity contribution in [3.05, 3.63) is 70.8 Å². The summed E-state index contributed by atoms with van der Waals surface area (Å²) in [4.78, 5) is 41.5. The predicted octanol–water partition coefficient (Wildman–Crippen LogP) is 3.09. The van der Waals surface area contributed by atoms with Crippen LogP contribution in [-0.2, 0) is 29.0 Å². The highest BCUT2D eigenvalue weighted by molar-refractivity contribution is 5.98. The third-order valence-electron chi connectivity index (χ3n) is 7.33. The van der Waals surface area contributed by atoms with Crippen LogP contribution in [0, 0.1) is 11.8 Å². The van der Waals surface area contributed by atoms with Crippen LogP contribution < -0.4 is 10.6 Å². The third kappa shape index (κ3) is 4.39. The van der Waals surface area contributed by atoms with Crippen molar-refractivity contribution in [1.29, 1.82) is 0 Å². The van der Waals surface area contributed by atoms with Crippen molar-refractivity contribution in [3.63, 3.8) is 0 Å². The highest BCUT2D eigenvalue weighted by atomic mass is 16.2. The lowest BCUT2D eigenvalue weighted by atomic mass is 9.85. The summed E-state index contributed by atoms with van der Waals surface area (Å²) < 4.78 is 0. The molecule has 0 radical (unpaired) electrons. The zero-order valence-corrected chi connectivity index (χ0v) is 19.6. The topological polar surface area (TPSA) is 78.5 Å². The van der Waals surface area contributed by atoms with E-state index in [1.807, 2.05) is 30.3 Å². The Balaban J connectivity index is 1.67. The highest BCUT2D eigenvalue weighted by Crippen LogP contribution is 2.33. The van der Waals surface area contributed by atoms with Crippen LogP contribution in [0.1, 0.15) is 53.7 Å². The molecular formula is C27H33N3O3. The minimum absolute atomic E-state index is 0.0400. The van der Waals surface area contributed by atoms with Crippen molar-refractivity contribution in [1.82, 2.24) is 15.5 Å². The molecule has 0 bridgehead atoms. The standard InChI is InChI=1S/C27H33N3O3/c1-4-17(5-2)24-26(32)29-23(21-14-18-10-6-7-11-19(18)15-21)27(33)30(24)16-20-12-8-9-13-22(20)25(31)28-3/h6-13,17,21,23-24H,4-5,14-16H2,1-3H3,(H,28,31)(H,29,32)/t23-,24-/m1/s1. The molecule has 2 aliphatic rings. The maximum Gasteiger partial charge on any atom is 0.251 e. The second kappa shape index (κ2) is 9.77. The first-order chi connectivity index (χ1) is 16.0. The molecule has 2 aromatic carbocycles. The van der Waals surface area contributed by atoms with E-state index in [1.54, 1.807) is 18.0 Å². The molecule has 0 unspecified atom stereocenters. The smallest absolute Gasteiger partial charge is 0.251 e. The second-order valence-electron chi connectivity index (χ2n) is 9.15. The van der Waals surface area contributed by atoms with E-state index in [2.05, 4.69) is 36.6 Å². The van der Waals surface area contributed by atoms with Crippen LogP contribution in [0.2, 0.25) is 0 Å². The summed E-state index contributed by atoms with van der Waals surface area (Å²) in [5.41, 5.74) is 3.79. The maximum absolute atomic E-state index is 13.9. The molecule has 1 aliphatic heterocycles. The number of rotatable bonds is 7. The van der Waals surface area contributed by atoms with Gasteiger partial charge in [0.2, 0.25) is 11.8 Å². The van der Waals surface area contributed by atoms with Crippen LogP contribution in [0.15, 0.2) is 48.5 Å². The van der Waals surface area contributed by atoms with Crippen LogP contribution >= 0.6 is 0 Å². The summed E-state index contributed by atoms with van der Waals surface area (Å²) in [6.07, 6.45) is 3.17. The van der Waals surface area contributed by atoms with Crippen LogP contribution in [0.5, 0.6) is 0 Å². The van der Waals surface area contributed by atoms with Gasteiger partial charge in [-0.25, -0.2) is 0 Å². The molecule has 174 valence electrons. The third-order valence-corrected chi connectivity index (χ3v) is 7.33. The maximum atomic E-state index is 13.9. The van der Waals surface area contributed by atoms with Gasteiger partial charge in [0.05, 0.1) is 0 Å². The largest absolute Gasteiger partial charge is 0.355 e. The Morgan fingerprint density at radius 1 is 1.03 bits per heavy atom. The minimum Gasteiger partial charge on any atom is -0.355 e. The molecule has 2 aromatic rings. The van der Waals surface area contributed by atoms with Crippen LogP contribution in [0.4, 0.5) is 0 Å². The Kier molecular flexibility index (Phi) is 6.82. The van der Waals surface area contributed by atoms with Crippen molar-refractivity contribution < 1.29 is 14.4 Å². The fraction of sp³-hybridized carbons (Fsp3) is 0.444. The van der Waals surface area contributed by atoms with E-state index < -0.39 is 12.1 Å². The van der Waals surface area contributed by atoms with Gasteiger partial charge >= 0.3 is 0 Å². The number of amides is 3. The summed E-state index contributed by atoms with van der Waals surface area (Å²) in [5, 5.41) is 5.77. The Morgan fingerprint density at radius 2 is 1.64 bits per heavy atom. The number of nitrogens with one attached hydrogen (secondary N) is 2. The first-order valence-corrected chi connectivity index (χ1v) is 12.0. The first-order valence-electron chi connectivity index (χ1n) is 12.0. The van der Waals surface area contributed by atoms with Gasteiger partial charge in [0.1, 0.15) is 12.1 Å². The summed E-state index contributed by atoms with van der Waals surface area (Å²) >= 11 is 0. The van der Waals surface area contributed by atoms with Gasteiger partial charge in [-0.2, -0.15) is 0 Å². The number of piperazine rings is 1. The second-order valence-corrected chi connectivity index (χ2v) is 9.15. The molecule has 1 aliphatic carbocycles. The number of carbonyl (C=O) groups excluding carboxylic acids is 3. The summed E-state index contributed by atoms with van der Waals surface area (Å²) in [6.45, 7) is 4.36. The Bertz CT molecular complexity index is 1020.